The highest BCUT2D eigenvalue weighted by Crippen LogP contribution is 2.31. The molecule has 7 nitrogen and oxygen atoms in total. The molecule has 0 unspecified atom stereocenters. The van der Waals surface area contributed by atoms with E-state index in [2.05, 4.69) is 51.1 Å². The van der Waals surface area contributed by atoms with Crippen LogP contribution in [0.15, 0.2) is 52.3 Å². The number of aromatic nitrogens is 2. The molecule has 146 valence electrons. The number of H-pyrrole nitrogens is 1. The maximum Gasteiger partial charge on any atom is 0.413 e. The molecule has 0 spiro atoms. The summed E-state index contributed by atoms with van der Waals surface area (Å²) < 4.78 is 0. The van der Waals surface area contributed by atoms with E-state index in [9.17, 15) is 4.79 Å². The molecular weight excluding hydrogens is 374 g/mol. The average molecular weight is 398 g/mol. The van der Waals surface area contributed by atoms with E-state index in [1.54, 1.807) is 11.8 Å². The fourth-order valence-corrected chi connectivity index (χ4v) is 4.07. The Morgan fingerprint density at radius 2 is 1.79 bits per heavy atom. The lowest BCUT2D eigenvalue weighted by molar-refractivity contribution is 0.203. The van der Waals surface area contributed by atoms with Crippen LogP contribution in [0.1, 0.15) is 0 Å². The molecule has 0 radical (unpaired) electrons. The summed E-state index contributed by atoms with van der Waals surface area (Å²) in [5.41, 5.74) is 2.84. The van der Waals surface area contributed by atoms with Crippen molar-refractivity contribution in [3.05, 3.63) is 42.5 Å². The van der Waals surface area contributed by atoms with E-state index in [0.717, 1.165) is 47.0 Å². The number of anilines is 2. The van der Waals surface area contributed by atoms with Gasteiger partial charge in [0, 0.05) is 48.7 Å². The number of likely N-dealkylation sites (N-methyl/N-ethyl adjacent to an activating group) is 1. The Labute approximate surface area is 168 Å². The van der Waals surface area contributed by atoms with Crippen LogP contribution in [0.25, 0.3) is 11.0 Å². The lowest BCUT2D eigenvalue weighted by atomic mass is 10.2. The standard InChI is InChI=1S/C20H23N5O2S/c1-23-9-11-25(12-10-23)14-3-5-15(6-4-14)28-16-7-8-17-18(13-16)22-19(21-17)24(2)20(26)27/h3-8,13H,9-12H2,1-2H3,(H,21,22)(H,26,27). The summed E-state index contributed by atoms with van der Waals surface area (Å²) in [6.07, 6.45) is -1.05. The van der Waals surface area contributed by atoms with Gasteiger partial charge in [-0.15, -0.1) is 0 Å². The van der Waals surface area contributed by atoms with Crippen LogP contribution in [0.2, 0.25) is 0 Å². The number of benzene rings is 2. The maximum atomic E-state index is 11.1. The first kappa shape index (κ1) is 18.6. The molecule has 1 amide bonds. The molecule has 1 aliphatic heterocycles. The number of nitrogens with one attached hydrogen (secondary N) is 1. The fourth-order valence-electron chi connectivity index (χ4n) is 3.21. The zero-order valence-corrected chi connectivity index (χ0v) is 16.7. The van der Waals surface area contributed by atoms with Crippen LogP contribution in [-0.2, 0) is 0 Å². The highest BCUT2D eigenvalue weighted by molar-refractivity contribution is 7.99. The van der Waals surface area contributed by atoms with Crippen LogP contribution in [0, 0.1) is 0 Å². The number of carbonyl (C=O) groups is 1. The number of hydrogen-bond acceptors (Lipinski definition) is 5. The molecule has 2 heterocycles. The molecule has 1 saturated heterocycles. The number of rotatable bonds is 4. The highest BCUT2D eigenvalue weighted by atomic mass is 32.2. The first-order valence-electron chi connectivity index (χ1n) is 9.17. The Kier molecular flexibility index (Phi) is 5.15. The fraction of sp³-hybridized carbons (Fsp3) is 0.300. The molecule has 2 aromatic carbocycles. The second-order valence-electron chi connectivity index (χ2n) is 6.97. The number of aromatic amines is 1. The summed E-state index contributed by atoms with van der Waals surface area (Å²) in [7, 11) is 3.63. The average Bonchev–Trinajstić information content (AvgIpc) is 3.12. The summed E-state index contributed by atoms with van der Waals surface area (Å²) in [5.74, 6) is 0.321. The Morgan fingerprint density at radius 3 is 2.46 bits per heavy atom. The largest absolute Gasteiger partial charge is 0.465 e. The van der Waals surface area contributed by atoms with E-state index >= 15 is 0 Å². The Balaban J connectivity index is 1.47. The topological polar surface area (TPSA) is 75.7 Å². The molecule has 0 atom stereocenters. The number of carboxylic acid groups (broad SMARTS) is 1. The van der Waals surface area contributed by atoms with Gasteiger partial charge in [0.25, 0.3) is 0 Å². The molecule has 0 saturated carbocycles. The van der Waals surface area contributed by atoms with Crippen molar-refractivity contribution in [2.24, 2.45) is 0 Å². The minimum atomic E-state index is -1.05. The summed E-state index contributed by atoms with van der Waals surface area (Å²) in [6, 6.07) is 14.6. The van der Waals surface area contributed by atoms with Crippen LogP contribution >= 0.6 is 11.8 Å². The van der Waals surface area contributed by atoms with E-state index in [-0.39, 0.29) is 0 Å². The second-order valence-corrected chi connectivity index (χ2v) is 8.11. The van der Waals surface area contributed by atoms with Gasteiger partial charge >= 0.3 is 6.09 Å². The molecule has 3 aromatic rings. The third kappa shape index (κ3) is 3.93. The monoisotopic (exact) mass is 397 g/mol. The van der Waals surface area contributed by atoms with Crippen molar-refractivity contribution in [2.45, 2.75) is 9.79 Å². The van der Waals surface area contributed by atoms with Gasteiger partial charge in [-0.2, -0.15) is 0 Å². The van der Waals surface area contributed by atoms with Crippen molar-refractivity contribution < 1.29 is 9.90 Å². The van der Waals surface area contributed by atoms with E-state index < -0.39 is 6.09 Å². The van der Waals surface area contributed by atoms with E-state index in [1.165, 1.54) is 17.6 Å². The Hall–Kier alpha value is -2.71. The van der Waals surface area contributed by atoms with Crippen molar-refractivity contribution >= 4 is 40.5 Å². The van der Waals surface area contributed by atoms with Gasteiger partial charge < -0.3 is 19.9 Å². The van der Waals surface area contributed by atoms with Crippen molar-refractivity contribution in [3.8, 4) is 0 Å². The molecule has 1 fully saturated rings. The van der Waals surface area contributed by atoms with Gasteiger partial charge in [-0.3, -0.25) is 4.90 Å². The van der Waals surface area contributed by atoms with Crippen LogP contribution in [0.3, 0.4) is 0 Å². The summed E-state index contributed by atoms with van der Waals surface area (Å²) in [5, 5.41) is 9.10. The number of amides is 1. The SMILES string of the molecule is CN1CCN(c2ccc(Sc3ccc4nc(N(C)C(=O)O)[nH]c4c3)cc2)CC1. The lowest BCUT2D eigenvalue weighted by Crippen LogP contribution is -2.44. The minimum absolute atomic E-state index is 0.321. The highest BCUT2D eigenvalue weighted by Gasteiger charge is 2.15. The van der Waals surface area contributed by atoms with Crippen molar-refractivity contribution in [2.75, 3.05) is 50.1 Å². The quantitative estimate of drug-likeness (QED) is 0.701. The van der Waals surface area contributed by atoms with Crippen LogP contribution in [0.4, 0.5) is 16.4 Å². The molecule has 0 aliphatic carbocycles. The number of piperazine rings is 1. The second kappa shape index (κ2) is 7.73. The smallest absolute Gasteiger partial charge is 0.413 e. The first-order chi connectivity index (χ1) is 13.5. The Morgan fingerprint density at radius 1 is 1.11 bits per heavy atom. The van der Waals surface area contributed by atoms with Gasteiger partial charge in [0.1, 0.15) is 0 Å². The minimum Gasteiger partial charge on any atom is -0.465 e. The molecule has 2 N–H and O–H groups in total. The zero-order chi connectivity index (χ0) is 19.7. The number of fused-ring (bicyclic) bond motifs is 1. The third-order valence-electron chi connectivity index (χ3n) is 4.99. The molecular formula is C20H23N5O2S. The molecule has 4 rings (SSSR count). The van der Waals surface area contributed by atoms with Gasteiger partial charge in [-0.25, -0.2) is 9.78 Å². The molecule has 8 heteroatoms. The maximum absolute atomic E-state index is 11.1. The lowest BCUT2D eigenvalue weighted by Gasteiger charge is -2.34. The van der Waals surface area contributed by atoms with Gasteiger partial charge in [0.05, 0.1) is 11.0 Å². The molecule has 0 bridgehead atoms. The van der Waals surface area contributed by atoms with Crippen LogP contribution < -0.4 is 9.80 Å². The normalized spacial score (nSPS) is 15.1. The first-order valence-corrected chi connectivity index (χ1v) is 9.99. The van der Waals surface area contributed by atoms with Crippen molar-refractivity contribution in [1.29, 1.82) is 0 Å². The number of imidazole rings is 1. The molecule has 28 heavy (non-hydrogen) atoms. The van der Waals surface area contributed by atoms with Crippen molar-refractivity contribution in [3.63, 3.8) is 0 Å². The van der Waals surface area contributed by atoms with Gasteiger partial charge in [-0.1, -0.05) is 11.8 Å². The molecule has 1 aliphatic rings. The zero-order valence-electron chi connectivity index (χ0n) is 15.9. The van der Waals surface area contributed by atoms with Crippen LogP contribution in [-0.4, -0.2) is 66.3 Å². The number of hydrogen-bond donors (Lipinski definition) is 2. The van der Waals surface area contributed by atoms with Gasteiger partial charge in [0.2, 0.25) is 5.95 Å². The predicted octanol–water partition coefficient (Wildman–Crippen LogP) is 3.58. The Bertz CT molecular complexity index is 980. The summed E-state index contributed by atoms with van der Waals surface area (Å²) in [6.45, 7) is 4.32. The van der Waals surface area contributed by atoms with E-state index in [1.807, 2.05) is 18.2 Å². The van der Waals surface area contributed by atoms with Crippen molar-refractivity contribution in [1.82, 2.24) is 14.9 Å². The number of nitrogens with zero attached hydrogens (tertiary/aromatic N) is 4. The summed E-state index contributed by atoms with van der Waals surface area (Å²) in [4.78, 5) is 26.6. The third-order valence-corrected chi connectivity index (χ3v) is 5.98. The van der Waals surface area contributed by atoms with Gasteiger partial charge in [-0.05, 0) is 49.5 Å². The van der Waals surface area contributed by atoms with E-state index in [4.69, 9.17) is 5.11 Å². The van der Waals surface area contributed by atoms with Gasteiger partial charge in [0.15, 0.2) is 0 Å². The predicted molar refractivity (Wildman–Crippen MR) is 113 cm³/mol. The van der Waals surface area contributed by atoms with E-state index in [0.29, 0.717) is 5.95 Å². The van der Waals surface area contributed by atoms with Crippen LogP contribution in [0.5, 0.6) is 0 Å². The summed E-state index contributed by atoms with van der Waals surface area (Å²) >= 11 is 1.68. The molecule has 1 aromatic heterocycles.